The van der Waals surface area contributed by atoms with E-state index in [0.29, 0.717) is 42.8 Å². The number of nitro benzene ring substituents is 1. The fourth-order valence-corrected chi connectivity index (χ4v) is 6.00. The maximum atomic E-state index is 13.8. The summed E-state index contributed by atoms with van der Waals surface area (Å²) in [5.41, 5.74) is 2.45. The van der Waals surface area contributed by atoms with Gasteiger partial charge in [-0.3, -0.25) is 14.9 Å². The molecular weight excluding hydrogens is 582 g/mol. The van der Waals surface area contributed by atoms with Gasteiger partial charge in [0.05, 0.1) is 29.2 Å². The van der Waals surface area contributed by atoms with E-state index in [2.05, 4.69) is 25.8 Å². The summed E-state index contributed by atoms with van der Waals surface area (Å²) in [4.78, 5) is 33.1. The lowest BCUT2D eigenvalue weighted by Gasteiger charge is -2.29. The van der Waals surface area contributed by atoms with Gasteiger partial charge >= 0.3 is 0 Å². The van der Waals surface area contributed by atoms with Gasteiger partial charge in [-0.2, -0.15) is 9.78 Å². The first-order valence-electron chi connectivity index (χ1n) is 12.3. The lowest BCUT2D eigenvalue weighted by Crippen LogP contribution is -2.36. The standard InChI is InChI=1S/C28H22BrN5O4S/c1-17-16-30-27(39-17)19-12-18(13-20(29)14-19)26-22-4-2-3-5-23(22)28(35)33(31-26)25-15-21(6-7-24(25)34(36)37)32-8-10-38-11-9-32/h2-7,12-16H,8-11H2,1H3. The van der Waals surface area contributed by atoms with Gasteiger partial charge in [-0.15, -0.1) is 11.3 Å². The zero-order chi connectivity index (χ0) is 27.1. The van der Waals surface area contributed by atoms with Gasteiger partial charge < -0.3 is 9.64 Å². The second-order valence-corrected chi connectivity index (χ2v) is 11.3. The topological polar surface area (TPSA) is 103 Å². The van der Waals surface area contributed by atoms with Crippen molar-refractivity contribution in [3.05, 3.63) is 96.7 Å². The van der Waals surface area contributed by atoms with Crippen LogP contribution in [0.15, 0.2) is 76.1 Å². The van der Waals surface area contributed by atoms with E-state index in [1.54, 1.807) is 35.6 Å². The molecule has 0 radical (unpaired) electrons. The van der Waals surface area contributed by atoms with E-state index in [0.717, 1.165) is 35.9 Å². The molecule has 1 saturated heterocycles. The van der Waals surface area contributed by atoms with Crippen LogP contribution in [0.1, 0.15) is 4.88 Å². The smallest absolute Gasteiger partial charge is 0.295 e. The molecular formula is C28H22BrN5O4S. The first-order chi connectivity index (χ1) is 18.9. The Bertz CT molecular complexity index is 1800. The molecule has 0 aliphatic carbocycles. The number of aromatic nitrogens is 3. The molecule has 0 atom stereocenters. The Labute approximate surface area is 235 Å². The van der Waals surface area contributed by atoms with Crippen molar-refractivity contribution in [2.45, 2.75) is 6.92 Å². The number of nitrogens with zero attached hydrogens (tertiary/aromatic N) is 5. The molecule has 5 aromatic rings. The van der Waals surface area contributed by atoms with Crippen LogP contribution < -0.4 is 10.5 Å². The first-order valence-corrected chi connectivity index (χ1v) is 13.9. The monoisotopic (exact) mass is 603 g/mol. The Kier molecular flexibility index (Phi) is 6.71. The summed E-state index contributed by atoms with van der Waals surface area (Å²) in [6, 6.07) is 17.9. The highest BCUT2D eigenvalue weighted by molar-refractivity contribution is 9.10. The molecule has 0 bridgehead atoms. The summed E-state index contributed by atoms with van der Waals surface area (Å²) >= 11 is 5.20. The molecule has 0 amide bonds. The fraction of sp³-hybridized carbons (Fsp3) is 0.179. The number of anilines is 1. The zero-order valence-electron chi connectivity index (χ0n) is 20.8. The van der Waals surface area contributed by atoms with Crippen molar-refractivity contribution in [1.82, 2.24) is 14.8 Å². The lowest BCUT2D eigenvalue weighted by molar-refractivity contribution is -0.384. The van der Waals surface area contributed by atoms with Crippen LogP contribution in [0.4, 0.5) is 11.4 Å². The molecule has 9 nitrogen and oxygen atoms in total. The Morgan fingerprint density at radius 3 is 2.49 bits per heavy atom. The van der Waals surface area contributed by atoms with Crippen LogP contribution in [0.5, 0.6) is 0 Å². The molecule has 1 aliphatic heterocycles. The van der Waals surface area contributed by atoms with Crippen LogP contribution >= 0.6 is 27.3 Å². The van der Waals surface area contributed by atoms with Crippen LogP contribution in [0.3, 0.4) is 0 Å². The van der Waals surface area contributed by atoms with Crippen LogP contribution in [-0.4, -0.2) is 46.0 Å². The van der Waals surface area contributed by atoms with Gasteiger partial charge in [-0.1, -0.05) is 34.1 Å². The Balaban J connectivity index is 1.60. The summed E-state index contributed by atoms with van der Waals surface area (Å²) in [5.74, 6) is 0. The third kappa shape index (κ3) is 4.84. The van der Waals surface area contributed by atoms with Crippen molar-refractivity contribution in [3.8, 4) is 27.5 Å². The van der Waals surface area contributed by atoms with E-state index in [-0.39, 0.29) is 11.4 Å². The van der Waals surface area contributed by atoms with Crippen molar-refractivity contribution >= 4 is 49.4 Å². The van der Waals surface area contributed by atoms with Crippen molar-refractivity contribution in [2.75, 3.05) is 31.2 Å². The molecule has 11 heteroatoms. The van der Waals surface area contributed by atoms with Crippen LogP contribution in [0.2, 0.25) is 0 Å². The van der Waals surface area contributed by atoms with Gasteiger partial charge in [-0.25, -0.2) is 4.98 Å². The van der Waals surface area contributed by atoms with Crippen molar-refractivity contribution < 1.29 is 9.66 Å². The van der Waals surface area contributed by atoms with Gasteiger partial charge in [0.1, 0.15) is 10.7 Å². The van der Waals surface area contributed by atoms with Gasteiger partial charge in [0.25, 0.3) is 11.2 Å². The third-order valence-electron chi connectivity index (χ3n) is 6.60. The minimum absolute atomic E-state index is 0.117. The first kappa shape index (κ1) is 25.4. The number of thiazole rings is 1. The van der Waals surface area contributed by atoms with Gasteiger partial charge in [0.15, 0.2) is 0 Å². The van der Waals surface area contributed by atoms with Crippen LogP contribution in [0.25, 0.3) is 38.3 Å². The summed E-state index contributed by atoms with van der Waals surface area (Å²) in [6.45, 7) is 4.44. The van der Waals surface area contributed by atoms with E-state index in [4.69, 9.17) is 9.84 Å². The zero-order valence-corrected chi connectivity index (χ0v) is 23.2. The number of fused-ring (bicyclic) bond motifs is 1. The normalized spacial score (nSPS) is 13.6. The van der Waals surface area contributed by atoms with E-state index in [1.165, 1.54) is 6.07 Å². The van der Waals surface area contributed by atoms with E-state index in [9.17, 15) is 14.9 Å². The van der Waals surface area contributed by atoms with Crippen molar-refractivity contribution in [1.29, 1.82) is 0 Å². The Hall–Kier alpha value is -3.93. The minimum Gasteiger partial charge on any atom is -0.378 e. The maximum Gasteiger partial charge on any atom is 0.295 e. The predicted molar refractivity (Wildman–Crippen MR) is 156 cm³/mol. The second-order valence-electron chi connectivity index (χ2n) is 9.15. The highest BCUT2D eigenvalue weighted by Crippen LogP contribution is 2.35. The quantitative estimate of drug-likeness (QED) is 0.179. The Morgan fingerprint density at radius 2 is 1.77 bits per heavy atom. The third-order valence-corrected chi connectivity index (χ3v) is 8.02. The molecule has 2 aromatic heterocycles. The molecule has 39 heavy (non-hydrogen) atoms. The van der Waals surface area contributed by atoms with Crippen molar-refractivity contribution in [2.24, 2.45) is 0 Å². The number of halogens is 1. The Morgan fingerprint density at radius 1 is 1.03 bits per heavy atom. The van der Waals surface area contributed by atoms with Gasteiger partial charge in [-0.05, 0) is 43.3 Å². The molecule has 1 aliphatic rings. The van der Waals surface area contributed by atoms with Crippen LogP contribution in [-0.2, 0) is 4.74 Å². The highest BCUT2D eigenvalue weighted by Gasteiger charge is 2.23. The molecule has 3 heterocycles. The molecule has 196 valence electrons. The molecule has 0 saturated carbocycles. The number of nitro groups is 1. The molecule has 0 unspecified atom stereocenters. The maximum absolute atomic E-state index is 13.8. The molecule has 0 spiro atoms. The minimum atomic E-state index is -0.483. The molecule has 6 rings (SSSR count). The number of morpholine rings is 1. The number of rotatable bonds is 5. The van der Waals surface area contributed by atoms with Crippen LogP contribution in [0, 0.1) is 17.0 Å². The van der Waals surface area contributed by atoms with Gasteiger partial charge in [0, 0.05) is 56.9 Å². The predicted octanol–water partition coefficient (Wildman–Crippen LogP) is 5.99. The second kappa shape index (κ2) is 10.3. The average Bonchev–Trinajstić information content (AvgIpc) is 3.39. The van der Waals surface area contributed by atoms with E-state index in [1.807, 2.05) is 43.5 Å². The van der Waals surface area contributed by atoms with E-state index < -0.39 is 10.5 Å². The highest BCUT2D eigenvalue weighted by atomic mass is 79.9. The summed E-state index contributed by atoms with van der Waals surface area (Å²) in [7, 11) is 0. The molecule has 3 aromatic carbocycles. The van der Waals surface area contributed by atoms with E-state index >= 15 is 0 Å². The number of aryl methyl sites for hydroxylation is 1. The van der Waals surface area contributed by atoms with Crippen molar-refractivity contribution in [3.63, 3.8) is 0 Å². The largest absolute Gasteiger partial charge is 0.378 e. The van der Waals surface area contributed by atoms with Gasteiger partial charge in [0.2, 0.25) is 0 Å². The molecule has 0 N–H and O–H groups in total. The number of ether oxygens (including phenoxy) is 1. The average molecular weight is 604 g/mol. The SMILES string of the molecule is Cc1cnc(-c2cc(Br)cc(-c3nn(-c4cc(N5CCOCC5)ccc4[N+](=O)[O-])c(=O)c4ccccc34)c2)s1. The lowest BCUT2D eigenvalue weighted by atomic mass is 10.0. The molecule has 1 fully saturated rings. The number of hydrogen-bond donors (Lipinski definition) is 0. The summed E-state index contributed by atoms with van der Waals surface area (Å²) in [6.07, 6.45) is 1.83. The number of benzene rings is 3. The number of hydrogen-bond acceptors (Lipinski definition) is 8. The fourth-order valence-electron chi connectivity index (χ4n) is 4.76. The summed E-state index contributed by atoms with van der Waals surface area (Å²) < 4.78 is 7.44. The summed E-state index contributed by atoms with van der Waals surface area (Å²) in [5, 5.41) is 18.8.